The number of ether oxygens (including phenoxy) is 1. The molecule has 3 N–H and O–H groups in total. The second-order valence-electron chi connectivity index (χ2n) is 3.61. The maximum Gasteiger partial charge on any atom is 0.157 e. The summed E-state index contributed by atoms with van der Waals surface area (Å²) in [7, 11) is 0. The zero-order chi connectivity index (χ0) is 13.8. The van der Waals surface area contributed by atoms with Gasteiger partial charge in [0.05, 0.1) is 20.8 Å². The van der Waals surface area contributed by atoms with E-state index in [0.29, 0.717) is 32.3 Å². The van der Waals surface area contributed by atoms with Crippen LogP contribution in [0.1, 0.15) is 5.69 Å². The summed E-state index contributed by atoms with van der Waals surface area (Å²) in [5.74, 6) is 6.18. The molecule has 0 radical (unpaired) electrons. The molecule has 0 aliphatic heterocycles. The fraction of sp³-hybridized carbons (Fsp3) is 0.0833. The second-order valence-corrected chi connectivity index (χ2v) is 4.83. The Bertz CT molecular complexity index is 572. The Kier molecular flexibility index (Phi) is 4.71. The van der Waals surface area contributed by atoms with Crippen LogP contribution >= 0.6 is 34.8 Å². The number of benzene rings is 1. The third kappa shape index (κ3) is 3.42. The molecular weight excluding hydrogens is 309 g/mol. The number of halogens is 3. The first-order valence-corrected chi connectivity index (χ1v) is 6.44. The third-order valence-corrected chi connectivity index (χ3v) is 3.28. The van der Waals surface area contributed by atoms with E-state index in [1.807, 2.05) is 0 Å². The number of rotatable bonds is 4. The molecule has 0 unspecified atom stereocenters. The Morgan fingerprint density at radius 3 is 2.37 bits per heavy atom. The van der Waals surface area contributed by atoms with Crippen molar-refractivity contribution in [3.8, 4) is 5.75 Å². The van der Waals surface area contributed by atoms with E-state index in [2.05, 4.69) is 10.4 Å². The van der Waals surface area contributed by atoms with E-state index in [9.17, 15) is 0 Å². The predicted octanol–water partition coefficient (Wildman–Crippen LogP) is 3.91. The molecule has 0 saturated heterocycles. The van der Waals surface area contributed by atoms with E-state index in [1.54, 1.807) is 30.3 Å². The number of hydrazine groups is 1. The Morgan fingerprint density at radius 1 is 1.05 bits per heavy atom. The number of nitrogens with one attached hydrogen (secondary N) is 1. The summed E-state index contributed by atoms with van der Waals surface area (Å²) in [4.78, 5) is 4.19. The molecule has 0 spiro atoms. The van der Waals surface area contributed by atoms with Gasteiger partial charge in [0, 0.05) is 0 Å². The van der Waals surface area contributed by atoms with Gasteiger partial charge in [-0.1, -0.05) is 40.9 Å². The van der Waals surface area contributed by atoms with Gasteiger partial charge >= 0.3 is 0 Å². The molecule has 0 bridgehead atoms. The molecule has 100 valence electrons. The van der Waals surface area contributed by atoms with Crippen molar-refractivity contribution in [2.24, 2.45) is 5.84 Å². The molecule has 0 atom stereocenters. The van der Waals surface area contributed by atoms with Crippen LogP contribution in [-0.2, 0) is 6.61 Å². The van der Waals surface area contributed by atoms with Crippen LogP contribution in [0, 0.1) is 0 Å². The average molecular weight is 319 g/mol. The molecule has 0 saturated carbocycles. The van der Waals surface area contributed by atoms with Gasteiger partial charge in [0.25, 0.3) is 0 Å². The standard InChI is InChI=1S/C12H10Cl3N3O/c13-7-4-5-11(18-16)17-10(7)6-19-12-8(14)2-1-3-9(12)15/h1-5H,6,16H2,(H,17,18). The summed E-state index contributed by atoms with van der Waals surface area (Å²) in [5, 5.41) is 1.33. The van der Waals surface area contributed by atoms with Crippen molar-refractivity contribution in [3.63, 3.8) is 0 Å². The van der Waals surface area contributed by atoms with Crippen LogP contribution in [0.3, 0.4) is 0 Å². The molecule has 4 nitrogen and oxygen atoms in total. The summed E-state index contributed by atoms with van der Waals surface area (Å²) in [6, 6.07) is 8.46. The number of aromatic nitrogens is 1. The Morgan fingerprint density at radius 2 is 1.74 bits per heavy atom. The van der Waals surface area contributed by atoms with Crippen LogP contribution in [0.25, 0.3) is 0 Å². The highest BCUT2D eigenvalue weighted by molar-refractivity contribution is 6.37. The Balaban J connectivity index is 2.19. The van der Waals surface area contributed by atoms with E-state index >= 15 is 0 Å². The number of hydrogen-bond acceptors (Lipinski definition) is 4. The van der Waals surface area contributed by atoms with Crippen LogP contribution in [0.15, 0.2) is 30.3 Å². The van der Waals surface area contributed by atoms with Crippen LogP contribution in [0.2, 0.25) is 15.1 Å². The maximum atomic E-state index is 6.02. The molecule has 0 aliphatic rings. The lowest BCUT2D eigenvalue weighted by atomic mass is 10.3. The van der Waals surface area contributed by atoms with Crippen LogP contribution < -0.4 is 16.0 Å². The maximum absolute atomic E-state index is 6.02. The number of nitrogen functional groups attached to an aromatic ring is 1. The highest BCUT2D eigenvalue weighted by Gasteiger charge is 2.09. The molecule has 2 rings (SSSR count). The van der Waals surface area contributed by atoms with Crippen molar-refractivity contribution in [2.75, 3.05) is 5.43 Å². The van der Waals surface area contributed by atoms with Crippen molar-refractivity contribution < 1.29 is 4.74 Å². The summed E-state index contributed by atoms with van der Waals surface area (Å²) in [5.41, 5.74) is 2.97. The first kappa shape index (κ1) is 14.2. The topological polar surface area (TPSA) is 60.2 Å². The molecule has 1 heterocycles. The number of hydrogen-bond donors (Lipinski definition) is 2. The minimum absolute atomic E-state index is 0.137. The van der Waals surface area contributed by atoms with Crippen molar-refractivity contribution in [1.29, 1.82) is 0 Å². The highest BCUT2D eigenvalue weighted by Crippen LogP contribution is 2.33. The summed E-state index contributed by atoms with van der Waals surface area (Å²) < 4.78 is 5.55. The minimum Gasteiger partial charge on any atom is -0.484 e. The first-order chi connectivity index (χ1) is 9.11. The van der Waals surface area contributed by atoms with E-state index in [1.165, 1.54) is 0 Å². The van der Waals surface area contributed by atoms with Gasteiger partial charge in [-0.3, -0.25) is 0 Å². The van der Waals surface area contributed by atoms with Crippen LogP contribution in [0.5, 0.6) is 5.75 Å². The zero-order valence-corrected chi connectivity index (χ0v) is 11.9. The average Bonchev–Trinajstić information content (AvgIpc) is 2.40. The Labute approximate surface area is 125 Å². The summed E-state index contributed by atoms with van der Waals surface area (Å²) in [6.07, 6.45) is 0. The predicted molar refractivity (Wildman–Crippen MR) is 77.9 cm³/mol. The minimum atomic E-state index is 0.137. The van der Waals surface area contributed by atoms with Gasteiger partial charge in [-0.05, 0) is 24.3 Å². The van der Waals surface area contributed by atoms with E-state index in [0.717, 1.165) is 0 Å². The number of nitrogens with zero attached hydrogens (tertiary/aromatic N) is 1. The number of anilines is 1. The largest absolute Gasteiger partial charge is 0.484 e. The molecular formula is C12H10Cl3N3O. The van der Waals surface area contributed by atoms with Gasteiger partial charge in [0.1, 0.15) is 12.4 Å². The Hall–Kier alpha value is -1.20. The summed E-state index contributed by atoms with van der Waals surface area (Å²) >= 11 is 18.0. The first-order valence-electron chi connectivity index (χ1n) is 5.30. The zero-order valence-electron chi connectivity index (χ0n) is 9.66. The monoisotopic (exact) mass is 317 g/mol. The second kappa shape index (κ2) is 6.30. The molecule has 19 heavy (non-hydrogen) atoms. The van der Waals surface area contributed by atoms with Crippen molar-refractivity contribution in [2.45, 2.75) is 6.61 Å². The van der Waals surface area contributed by atoms with E-state index < -0.39 is 0 Å². The van der Waals surface area contributed by atoms with Crippen LogP contribution in [0.4, 0.5) is 5.82 Å². The number of para-hydroxylation sites is 1. The fourth-order valence-electron chi connectivity index (χ4n) is 1.43. The van der Waals surface area contributed by atoms with Gasteiger partial charge in [-0.2, -0.15) is 0 Å². The van der Waals surface area contributed by atoms with Gasteiger partial charge in [0.2, 0.25) is 0 Å². The highest BCUT2D eigenvalue weighted by atomic mass is 35.5. The molecule has 0 amide bonds. The number of pyridine rings is 1. The lowest BCUT2D eigenvalue weighted by Gasteiger charge is -2.11. The van der Waals surface area contributed by atoms with Gasteiger partial charge in [0.15, 0.2) is 5.75 Å². The van der Waals surface area contributed by atoms with Crippen LogP contribution in [-0.4, -0.2) is 4.98 Å². The van der Waals surface area contributed by atoms with E-state index in [4.69, 9.17) is 45.4 Å². The van der Waals surface area contributed by atoms with Gasteiger partial charge in [-0.15, -0.1) is 0 Å². The van der Waals surface area contributed by atoms with Crippen molar-refractivity contribution in [1.82, 2.24) is 4.98 Å². The number of nitrogens with two attached hydrogens (primary N) is 1. The van der Waals surface area contributed by atoms with Crippen molar-refractivity contribution in [3.05, 3.63) is 51.1 Å². The quantitative estimate of drug-likeness (QED) is 0.663. The third-order valence-electron chi connectivity index (χ3n) is 2.34. The molecule has 1 aromatic carbocycles. The lowest BCUT2D eigenvalue weighted by molar-refractivity contribution is 0.302. The molecule has 2 aromatic rings. The van der Waals surface area contributed by atoms with Crippen molar-refractivity contribution >= 4 is 40.6 Å². The molecule has 1 aromatic heterocycles. The normalized spacial score (nSPS) is 10.3. The molecule has 0 aliphatic carbocycles. The SMILES string of the molecule is NNc1ccc(Cl)c(COc2c(Cl)cccc2Cl)n1. The molecule has 0 fully saturated rings. The molecule has 7 heteroatoms. The van der Waals surface area contributed by atoms with Gasteiger partial charge < -0.3 is 10.2 Å². The summed E-state index contributed by atoms with van der Waals surface area (Å²) in [6.45, 7) is 0.137. The van der Waals surface area contributed by atoms with E-state index in [-0.39, 0.29) is 6.61 Å². The smallest absolute Gasteiger partial charge is 0.157 e. The van der Waals surface area contributed by atoms with Gasteiger partial charge in [-0.25, -0.2) is 10.8 Å². The fourth-order valence-corrected chi connectivity index (χ4v) is 2.09. The lowest BCUT2D eigenvalue weighted by Crippen LogP contribution is -2.10.